The minimum Gasteiger partial charge on any atom is -0.484 e. The maximum Gasteiger partial charge on any atom is 0.257 e. The van der Waals surface area contributed by atoms with E-state index in [4.69, 9.17) is 4.74 Å². The van der Waals surface area contributed by atoms with Crippen LogP contribution in [0.3, 0.4) is 0 Å². The van der Waals surface area contributed by atoms with Crippen molar-refractivity contribution in [2.24, 2.45) is 4.99 Å². The fourth-order valence-electron chi connectivity index (χ4n) is 3.34. The van der Waals surface area contributed by atoms with Gasteiger partial charge in [-0.15, -0.1) is 0 Å². The summed E-state index contributed by atoms with van der Waals surface area (Å²) >= 11 is 0. The monoisotopic (exact) mass is 412 g/mol. The molecule has 1 saturated carbocycles. The van der Waals surface area contributed by atoms with E-state index in [0.717, 1.165) is 24.0 Å². The minimum atomic E-state index is -0.199. The fourth-order valence-corrected chi connectivity index (χ4v) is 3.34. The third-order valence-corrected chi connectivity index (χ3v) is 5.21. The summed E-state index contributed by atoms with van der Waals surface area (Å²) in [5, 5.41) is 9.36. The highest BCUT2D eigenvalue weighted by molar-refractivity contribution is 5.80. The van der Waals surface area contributed by atoms with Gasteiger partial charge in [-0.25, -0.2) is 4.39 Å². The first kappa shape index (κ1) is 21.6. The molecule has 0 radical (unpaired) electrons. The average molecular weight is 413 g/mol. The zero-order valence-corrected chi connectivity index (χ0v) is 17.5. The van der Waals surface area contributed by atoms with Crippen molar-refractivity contribution < 1.29 is 13.9 Å². The molecule has 3 N–H and O–H groups in total. The van der Waals surface area contributed by atoms with Crippen LogP contribution < -0.4 is 20.7 Å². The van der Waals surface area contributed by atoms with Crippen LogP contribution in [0.25, 0.3) is 0 Å². The summed E-state index contributed by atoms with van der Waals surface area (Å²) in [6.07, 6.45) is 2.07. The molecule has 0 unspecified atom stereocenters. The zero-order valence-electron chi connectivity index (χ0n) is 17.5. The van der Waals surface area contributed by atoms with Gasteiger partial charge in [-0.1, -0.05) is 24.3 Å². The molecule has 2 aromatic carbocycles. The van der Waals surface area contributed by atoms with Crippen molar-refractivity contribution in [3.8, 4) is 5.75 Å². The summed E-state index contributed by atoms with van der Waals surface area (Å²) in [5.74, 6) is 0.992. The third kappa shape index (κ3) is 5.95. The van der Waals surface area contributed by atoms with Gasteiger partial charge in [0, 0.05) is 32.1 Å². The first-order chi connectivity index (χ1) is 14.5. The Morgan fingerprint density at radius 2 is 1.93 bits per heavy atom. The summed E-state index contributed by atoms with van der Waals surface area (Å²) in [6, 6.07) is 14.4. The first-order valence-corrected chi connectivity index (χ1v) is 10.2. The lowest BCUT2D eigenvalue weighted by molar-refractivity contribution is -0.122. The second-order valence-corrected chi connectivity index (χ2v) is 7.46. The number of carbonyl (C=O) groups is 1. The normalized spacial score (nSPS) is 14.7. The quantitative estimate of drug-likeness (QED) is 0.437. The van der Waals surface area contributed by atoms with Crippen LogP contribution in [0.1, 0.15) is 30.9 Å². The number of aliphatic imine (C=N–C) groups is 1. The van der Waals surface area contributed by atoms with Gasteiger partial charge in [-0.05, 0) is 55.2 Å². The second-order valence-electron chi connectivity index (χ2n) is 7.46. The van der Waals surface area contributed by atoms with E-state index in [-0.39, 0.29) is 23.7 Å². The van der Waals surface area contributed by atoms with E-state index in [0.29, 0.717) is 31.3 Å². The lowest BCUT2D eigenvalue weighted by Crippen LogP contribution is -2.40. The van der Waals surface area contributed by atoms with Crippen LogP contribution in [0.2, 0.25) is 0 Å². The van der Waals surface area contributed by atoms with E-state index in [1.54, 1.807) is 19.2 Å². The molecule has 1 aliphatic carbocycles. The van der Waals surface area contributed by atoms with E-state index < -0.39 is 0 Å². The van der Waals surface area contributed by atoms with Gasteiger partial charge in [-0.3, -0.25) is 9.79 Å². The number of halogens is 1. The first-order valence-electron chi connectivity index (χ1n) is 10.2. The predicted molar refractivity (Wildman–Crippen MR) is 116 cm³/mol. The Hall–Kier alpha value is -3.09. The maximum atomic E-state index is 13.6. The maximum absolute atomic E-state index is 13.6. The van der Waals surface area contributed by atoms with Gasteiger partial charge >= 0.3 is 0 Å². The molecule has 30 heavy (non-hydrogen) atoms. The largest absolute Gasteiger partial charge is 0.484 e. The molecule has 2 aromatic rings. The molecule has 0 aromatic heterocycles. The molecule has 1 amide bonds. The summed E-state index contributed by atoms with van der Waals surface area (Å²) in [6.45, 7) is 3.71. The van der Waals surface area contributed by atoms with Gasteiger partial charge in [-0.2, -0.15) is 0 Å². The molecule has 6 nitrogen and oxygen atoms in total. The van der Waals surface area contributed by atoms with Crippen molar-refractivity contribution in [1.82, 2.24) is 16.0 Å². The lowest BCUT2D eigenvalue weighted by Gasteiger charge is -2.19. The van der Waals surface area contributed by atoms with Crippen LogP contribution in [0, 0.1) is 5.82 Å². The molecule has 0 atom stereocenters. The van der Waals surface area contributed by atoms with Crippen LogP contribution in [-0.4, -0.2) is 38.6 Å². The number of rotatable bonds is 9. The highest BCUT2D eigenvalue weighted by Crippen LogP contribution is 2.47. The van der Waals surface area contributed by atoms with E-state index >= 15 is 0 Å². The molecular weight excluding hydrogens is 383 g/mol. The number of likely N-dealkylation sites (N-methyl/N-ethyl adjacent to an activating group) is 1. The molecule has 7 heteroatoms. The van der Waals surface area contributed by atoms with Gasteiger partial charge in [0.1, 0.15) is 11.6 Å². The van der Waals surface area contributed by atoms with E-state index in [1.165, 1.54) is 6.07 Å². The number of amides is 1. The Bertz CT molecular complexity index is 896. The van der Waals surface area contributed by atoms with Crippen LogP contribution >= 0.6 is 0 Å². The smallest absolute Gasteiger partial charge is 0.257 e. The predicted octanol–water partition coefficient (Wildman–Crippen LogP) is 2.74. The van der Waals surface area contributed by atoms with Crippen molar-refractivity contribution in [1.29, 1.82) is 0 Å². The van der Waals surface area contributed by atoms with E-state index in [9.17, 15) is 9.18 Å². The van der Waals surface area contributed by atoms with E-state index in [1.807, 2.05) is 37.3 Å². The number of benzene rings is 2. The van der Waals surface area contributed by atoms with Gasteiger partial charge in [0.15, 0.2) is 12.6 Å². The zero-order chi connectivity index (χ0) is 21.4. The van der Waals surface area contributed by atoms with Crippen LogP contribution in [0.4, 0.5) is 4.39 Å². The van der Waals surface area contributed by atoms with Gasteiger partial charge in [0.05, 0.1) is 0 Å². The topological polar surface area (TPSA) is 74.8 Å². The lowest BCUT2D eigenvalue weighted by atomic mass is 9.96. The molecule has 0 bridgehead atoms. The standard InChI is InChI=1S/C23H29FN4O2/c1-3-26-21(29)15-30-20-9-4-6-17(12-20)14-27-22(25-2)28-16-23(10-11-23)18-7-5-8-19(24)13-18/h4-9,12-13H,3,10-11,14-16H2,1-2H3,(H,26,29)(H2,25,27,28). The Morgan fingerprint density at radius 3 is 2.63 bits per heavy atom. The third-order valence-electron chi connectivity index (χ3n) is 5.21. The molecule has 0 spiro atoms. The van der Waals surface area contributed by atoms with Crippen molar-refractivity contribution in [3.63, 3.8) is 0 Å². The van der Waals surface area contributed by atoms with Crippen LogP contribution in [0.5, 0.6) is 5.75 Å². The van der Waals surface area contributed by atoms with Crippen molar-refractivity contribution >= 4 is 11.9 Å². The average Bonchev–Trinajstić information content (AvgIpc) is 3.54. The highest BCUT2D eigenvalue weighted by atomic mass is 19.1. The molecule has 0 saturated heterocycles. The summed E-state index contributed by atoms with van der Waals surface area (Å²) in [4.78, 5) is 15.8. The van der Waals surface area contributed by atoms with Crippen molar-refractivity contribution in [2.75, 3.05) is 26.7 Å². The molecule has 1 aliphatic rings. The molecule has 0 aliphatic heterocycles. The molecular formula is C23H29FN4O2. The number of ether oxygens (including phenoxy) is 1. The van der Waals surface area contributed by atoms with Crippen LogP contribution in [-0.2, 0) is 16.8 Å². The molecule has 160 valence electrons. The Balaban J connectivity index is 1.50. The van der Waals surface area contributed by atoms with Crippen molar-refractivity contribution in [3.05, 3.63) is 65.5 Å². The highest BCUT2D eigenvalue weighted by Gasteiger charge is 2.44. The van der Waals surface area contributed by atoms with Gasteiger partial charge in [0.25, 0.3) is 5.91 Å². The summed E-state index contributed by atoms with van der Waals surface area (Å²) in [5.41, 5.74) is 2.02. The van der Waals surface area contributed by atoms with Gasteiger partial charge in [0.2, 0.25) is 0 Å². The SMILES string of the molecule is CCNC(=O)COc1cccc(CNC(=NC)NCC2(c3cccc(F)c3)CC2)c1. The molecule has 0 heterocycles. The minimum absolute atomic E-state index is 0.00386. The number of nitrogens with one attached hydrogen (secondary N) is 3. The number of carbonyl (C=O) groups excluding carboxylic acids is 1. The van der Waals surface area contributed by atoms with Crippen molar-refractivity contribution in [2.45, 2.75) is 31.7 Å². The molecule has 3 rings (SSSR count). The Kier molecular flexibility index (Phi) is 7.27. The fraction of sp³-hybridized carbons (Fsp3) is 0.391. The van der Waals surface area contributed by atoms with Gasteiger partial charge < -0.3 is 20.7 Å². The number of hydrogen-bond donors (Lipinski definition) is 3. The second kappa shape index (κ2) is 10.1. The number of hydrogen-bond acceptors (Lipinski definition) is 3. The Labute approximate surface area is 176 Å². The number of guanidine groups is 1. The molecule has 1 fully saturated rings. The van der Waals surface area contributed by atoms with E-state index in [2.05, 4.69) is 20.9 Å². The summed E-state index contributed by atoms with van der Waals surface area (Å²) < 4.78 is 19.1. The summed E-state index contributed by atoms with van der Waals surface area (Å²) in [7, 11) is 1.73. The Morgan fingerprint density at radius 1 is 1.13 bits per heavy atom. The number of nitrogens with zero attached hydrogens (tertiary/aromatic N) is 1. The van der Waals surface area contributed by atoms with Crippen LogP contribution in [0.15, 0.2) is 53.5 Å².